The minimum atomic E-state index is -0.166. The zero-order chi connectivity index (χ0) is 12.3. The van der Waals surface area contributed by atoms with Gasteiger partial charge in [0, 0.05) is 5.56 Å². The van der Waals surface area contributed by atoms with Crippen LogP contribution < -0.4 is 0 Å². The largest absolute Gasteiger partial charge is 0.206 e. The lowest BCUT2D eigenvalue weighted by molar-refractivity contribution is 0.623. The molecule has 2 aromatic carbocycles. The monoisotopic (exact) mass is 226 g/mol. The van der Waals surface area contributed by atoms with Crippen molar-refractivity contribution >= 4 is 12.2 Å². The third kappa shape index (κ3) is 2.82. The first kappa shape index (κ1) is 11.6. The Labute approximate surface area is 101 Å². The molecule has 0 nitrogen and oxygen atoms in total. The second kappa shape index (κ2) is 4.96. The second-order valence-electron chi connectivity index (χ2n) is 4.20. The molecule has 2 rings (SSSR count). The van der Waals surface area contributed by atoms with Crippen LogP contribution in [0.1, 0.15) is 22.3 Å². The van der Waals surface area contributed by atoms with Gasteiger partial charge >= 0.3 is 0 Å². The Bertz CT molecular complexity index is 539. The van der Waals surface area contributed by atoms with E-state index in [9.17, 15) is 4.39 Å². The minimum Gasteiger partial charge on any atom is -0.206 e. The topological polar surface area (TPSA) is 0 Å². The maximum Gasteiger partial charge on any atom is 0.130 e. The summed E-state index contributed by atoms with van der Waals surface area (Å²) >= 11 is 0. The Balaban J connectivity index is 2.31. The molecular weight excluding hydrogens is 211 g/mol. The van der Waals surface area contributed by atoms with Gasteiger partial charge < -0.3 is 0 Å². The van der Waals surface area contributed by atoms with Crippen LogP contribution in [0.5, 0.6) is 0 Å². The molecule has 0 saturated heterocycles. The van der Waals surface area contributed by atoms with Gasteiger partial charge in [-0.05, 0) is 42.7 Å². The SMILES string of the molecule is Cc1cc(F)c(/C=C\c2ccccc2)cc1C. The standard InChI is InChI=1S/C16H15F/c1-12-10-15(16(17)11-13(12)2)9-8-14-6-4-3-5-7-14/h3-11H,1-2H3/b9-8-. The van der Waals surface area contributed by atoms with Gasteiger partial charge in [0.1, 0.15) is 5.82 Å². The molecule has 86 valence electrons. The first-order chi connectivity index (χ1) is 8.16. The van der Waals surface area contributed by atoms with Crippen molar-refractivity contribution in [2.75, 3.05) is 0 Å². The van der Waals surface area contributed by atoms with Crippen molar-refractivity contribution in [2.45, 2.75) is 13.8 Å². The first-order valence-electron chi connectivity index (χ1n) is 5.67. The molecule has 0 aliphatic carbocycles. The first-order valence-corrected chi connectivity index (χ1v) is 5.67. The predicted octanol–water partition coefficient (Wildman–Crippen LogP) is 4.61. The van der Waals surface area contributed by atoms with Crippen LogP contribution in [-0.2, 0) is 0 Å². The molecule has 0 atom stereocenters. The molecule has 0 aliphatic heterocycles. The maximum atomic E-state index is 13.7. The molecular formula is C16H15F. The van der Waals surface area contributed by atoms with Gasteiger partial charge in [-0.25, -0.2) is 4.39 Å². The quantitative estimate of drug-likeness (QED) is 0.656. The number of hydrogen-bond acceptors (Lipinski definition) is 0. The van der Waals surface area contributed by atoms with Crippen LogP contribution in [0.25, 0.3) is 12.2 Å². The van der Waals surface area contributed by atoms with Crippen LogP contribution in [0, 0.1) is 19.7 Å². The summed E-state index contributed by atoms with van der Waals surface area (Å²) < 4.78 is 13.7. The smallest absolute Gasteiger partial charge is 0.130 e. The number of aryl methyl sites for hydroxylation is 2. The molecule has 0 unspecified atom stereocenters. The molecule has 0 fully saturated rings. The van der Waals surface area contributed by atoms with Gasteiger partial charge in [0.2, 0.25) is 0 Å². The van der Waals surface area contributed by atoms with E-state index in [0.717, 1.165) is 16.7 Å². The Morgan fingerprint density at radius 1 is 0.882 bits per heavy atom. The summed E-state index contributed by atoms with van der Waals surface area (Å²) in [6.07, 6.45) is 3.74. The van der Waals surface area contributed by atoms with Crippen molar-refractivity contribution in [3.63, 3.8) is 0 Å². The van der Waals surface area contributed by atoms with Gasteiger partial charge in [0.25, 0.3) is 0 Å². The average Bonchev–Trinajstić information content (AvgIpc) is 2.33. The molecule has 2 aromatic rings. The highest BCUT2D eigenvalue weighted by molar-refractivity contribution is 5.70. The lowest BCUT2D eigenvalue weighted by Crippen LogP contribution is -1.88. The zero-order valence-electron chi connectivity index (χ0n) is 10.1. The van der Waals surface area contributed by atoms with Crippen LogP contribution in [0.3, 0.4) is 0 Å². The van der Waals surface area contributed by atoms with Crippen LogP contribution in [-0.4, -0.2) is 0 Å². The van der Waals surface area contributed by atoms with E-state index in [-0.39, 0.29) is 5.82 Å². The van der Waals surface area contributed by atoms with Gasteiger partial charge in [0.05, 0.1) is 0 Å². The second-order valence-corrected chi connectivity index (χ2v) is 4.20. The Morgan fingerprint density at radius 2 is 1.53 bits per heavy atom. The van der Waals surface area contributed by atoms with E-state index >= 15 is 0 Å². The van der Waals surface area contributed by atoms with Gasteiger partial charge in [-0.1, -0.05) is 42.5 Å². The highest BCUT2D eigenvalue weighted by atomic mass is 19.1. The van der Waals surface area contributed by atoms with Gasteiger partial charge in [-0.3, -0.25) is 0 Å². The summed E-state index contributed by atoms with van der Waals surface area (Å²) in [6, 6.07) is 13.4. The fourth-order valence-corrected chi connectivity index (χ4v) is 1.68. The molecule has 0 amide bonds. The molecule has 17 heavy (non-hydrogen) atoms. The normalized spacial score (nSPS) is 11.0. The van der Waals surface area contributed by atoms with Crippen molar-refractivity contribution in [3.8, 4) is 0 Å². The van der Waals surface area contributed by atoms with Crippen LogP contribution in [0.2, 0.25) is 0 Å². The highest BCUT2D eigenvalue weighted by Gasteiger charge is 2.01. The molecule has 0 spiro atoms. The minimum absolute atomic E-state index is 0.166. The molecule has 0 N–H and O–H groups in total. The van der Waals surface area contributed by atoms with Gasteiger partial charge in [0.15, 0.2) is 0 Å². The van der Waals surface area contributed by atoms with Crippen molar-refractivity contribution in [1.29, 1.82) is 0 Å². The number of benzene rings is 2. The molecule has 0 bridgehead atoms. The van der Waals surface area contributed by atoms with E-state index in [4.69, 9.17) is 0 Å². The van der Waals surface area contributed by atoms with Crippen molar-refractivity contribution in [3.05, 3.63) is 70.5 Å². The van der Waals surface area contributed by atoms with Gasteiger partial charge in [-0.15, -0.1) is 0 Å². The lowest BCUT2D eigenvalue weighted by atomic mass is 10.0. The molecule has 0 radical (unpaired) electrons. The van der Waals surface area contributed by atoms with Crippen LogP contribution in [0.15, 0.2) is 42.5 Å². The van der Waals surface area contributed by atoms with E-state index in [0.29, 0.717) is 5.56 Å². The fraction of sp³-hybridized carbons (Fsp3) is 0.125. The Hall–Kier alpha value is -1.89. The van der Waals surface area contributed by atoms with Crippen molar-refractivity contribution in [2.24, 2.45) is 0 Å². The van der Waals surface area contributed by atoms with E-state index in [1.54, 1.807) is 6.07 Å². The number of rotatable bonds is 2. The third-order valence-corrected chi connectivity index (χ3v) is 2.87. The molecule has 0 aliphatic rings. The fourth-order valence-electron chi connectivity index (χ4n) is 1.68. The summed E-state index contributed by atoms with van der Waals surface area (Å²) in [4.78, 5) is 0. The van der Waals surface area contributed by atoms with E-state index < -0.39 is 0 Å². The highest BCUT2D eigenvalue weighted by Crippen LogP contribution is 2.17. The lowest BCUT2D eigenvalue weighted by Gasteiger charge is -2.03. The molecule has 0 heterocycles. The Kier molecular flexibility index (Phi) is 3.38. The molecule has 1 heteroatoms. The third-order valence-electron chi connectivity index (χ3n) is 2.87. The van der Waals surface area contributed by atoms with Crippen LogP contribution >= 0.6 is 0 Å². The summed E-state index contributed by atoms with van der Waals surface area (Å²) in [7, 11) is 0. The van der Waals surface area contributed by atoms with Crippen molar-refractivity contribution in [1.82, 2.24) is 0 Å². The van der Waals surface area contributed by atoms with E-state index in [1.807, 2.05) is 62.4 Å². The zero-order valence-corrected chi connectivity index (χ0v) is 10.1. The van der Waals surface area contributed by atoms with E-state index in [1.165, 1.54) is 0 Å². The summed E-state index contributed by atoms with van der Waals surface area (Å²) in [5.41, 5.74) is 3.81. The molecule has 0 saturated carbocycles. The number of halogens is 1. The summed E-state index contributed by atoms with van der Waals surface area (Å²) in [5, 5.41) is 0. The maximum absolute atomic E-state index is 13.7. The Morgan fingerprint density at radius 3 is 2.24 bits per heavy atom. The van der Waals surface area contributed by atoms with Crippen molar-refractivity contribution < 1.29 is 4.39 Å². The van der Waals surface area contributed by atoms with Crippen LogP contribution in [0.4, 0.5) is 4.39 Å². The summed E-state index contributed by atoms with van der Waals surface area (Å²) in [5.74, 6) is -0.166. The summed E-state index contributed by atoms with van der Waals surface area (Å²) in [6.45, 7) is 3.91. The number of hydrogen-bond donors (Lipinski definition) is 0. The predicted molar refractivity (Wildman–Crippen MR) is 71.2 cm³/mol. The average molecular weight is 226 g/mol. The van der Waals surface area contributed by atoms with Gasteiger partial charge in [-0.2, -0.15) is 0 Å². The molecule has 0 aromatic heterocycles. The van der Waals surface area contributed by atoms with E-state index in [2.05, 4.69) is 0 Å².